The molecule has 1 aromatic heterocycles. The van der Waals surface area contributed by atoms with Crippen LogP contribution in [0.15, 0.2) is 18.3 Å². The van der Waals surface area contributed by atoms with E-state index in [9.17, 15) is 0 Å². The van der Waals surface area contributed by atoms with E-state index in [0.29, 0.717) is 0 Å². The van der Waals surface area contributed by atoms with Crippen molar-refractivity contribution in [2.45, 2.75) is 58.8 Å². The molecule has 0 saturated carbocycles. The van der Waals surface area contributed by atoms with Crippen molar-refractivity contribution in [3.05, 3.63) is 24.0 Å². The SMILES string of the molecule is CCCCC(CCCC)Cc1cccn1C. The summed E-state index contributed by atoms with van der Waals surface area (Å²) in [7, 11) is 2.16. The van der Waals surface area contributed by atoms with Gasteiger partial charge in [-0.3, -0.25) is 0 Å². The fourth-order valence-corrected chi connectivity index (χ4v) is 2.34. The summed E-state index contributed by atoms with van der Waals surface area (Å²) in [5.41, 5.74) is 1.50. The van der Waals surface area contributed by atoms with Crippen LogP contribution in [0.25, 0.3) is 0 Å². The Morgan fingerprint density at radius 3 is 2.19 bits per heavy atom. The Morgan fingerprint density at radius 2 is 1.75 bits per heavy atom. The lowest BCUT2D eigenvalue weighted by Crippen LogP contribution is -2.08. The highest BCUT2D eigenvalue weighted by Gasteiger charge is 2.10. The van der Waals surface area contributed by atoms with E-state index in [4.69, 9.17) is 0 Å². The van der Waals surface area contributed by atoms with Gasteiger partial charge in [-0.15, -0.1) is 0 Å². The van der Waals surface area contributed by atoms with Gasteiger partial charge in [0.15, 0.2) is 0 Å². The van der Waals surface area contributed by atoms with Crippen molar-refractivity contribution in [2.24, 2.45) is 13.0 Å². The van der Waals surface area contributed by atoms with Gasteiger partial charge in [0, 0.05) is 18.9 Å². The van der Waals surface area contributed by atoms with E-state index in [1.807, 2.05) is 0 Å². The average molecular weight is 221 g/mol. The molecule has 0 radical (unpaired) electrons. The summed E-state index contributed by atoms with van der Waals surface area (Å²) in [6, 6.07) is 4.43. The molecular formula is C15H27N. The molecule has 0 saturated heterocycles. The summed E-state index contributed by atoms with van der Waals surface area (Å²) in [4.78, 5) is 0. The highest BCUT2D eigenvalue weighted by molar-refractivity contribution is 5.07. The summed E-state index contributed by atoms with van der Waals surface area (Å²) in [6.07, 6.45) is 11.7. The van der Waals surface area contributed by atoms with Crippen LogP contribution in [-0.4, -0.2) is 4.57 Å². The van der Waals surface area contributed by atoms with Gasteiger partial charge in [-0.25, -0.2) is 0 Å². The Kier molecular flexibility index (Phi) is 6.29. The van der Waals surface area contributed by atoms with Gasteiger partial charge in [-0.2, -0.15) is 0 Å². The molecule has 0 aliphatic carbocycles. The molecule has 0 N–H and O–H groups in total. The van der Waals surface area contributed by atoms with Crippen LogP contribution >= 0.6 is 0 Å². The molecule has 0 aromatic carbocycles. The van der Waals surface area contributed by atoms with Crippen LogP contribution in [0.3, 0.4) is 0 Å². The highest BCUT2D eigenvalue weighted by atomic mass is 14.9. The molecule has 1 nitrogen and oxygen atoms in total. The third-order valence-corrected chi connectivity index (χ3v) is 3.48. The standard InChI is InChI=1S/C15H27N/c1-4-6-9-14(10-7-5-2)13-15-11-8-12-16(15)3/h8,11-12,14H,4-7,9-10,13H2,1-3H3. The van der Waals surface area contributed by atoms with Crippen LogP contribution in [-0.2, 0) is 13.5 Å². The first-order chi connectivity index (χ1) is 7.77. The van der Waals surface area contributed by atoms with Crippen LogP contribution in [0, 0.1) is 5.92 Å². The number of aromatic nitrogens is 1. The highest BCUT2D eigenvalue weighted by Crippen LogP contribution is 2.21. The zero-order valence-electron chi connectivity index (χ0n) is 11.2. The maximum Gasteiger partial charge on any atom is 0.0174 e. The van der Waals surface area contributed by atoms with Crippen molar-refractivity contribution in [1.29, 1.82) is 0 Å². The predicted molar refractivity (Wildman–Crippen MR) is 71.7 cm³/mol. The molecule has 16 heavy (non-hydrogen) atoms. The smallest absolute Gasteiger partial charge is 0.0174 e. The zero-order valence-corrected chi connectivity index (χ0v) is 11.2. The van der Waals surface area contributed by atoms with Gasteiger partial charge in [-0.1, -0.05) is 52.4 Å². The fraction of sp³-hybridized carbons (Fsp3) is 0.733. The van der Waals surface area contributed by atoms with Crippen molar-refractivity contribution in [2.75, 3.05) is 0 Å². The van der Waals surface area contributed by atoms with Crippen LogP contribution in [0.1, 0.15) is 58.1 Å². The summed E-state index contributed by atoms with van der Waals surface area (Å²) in [6.45, 7) is 4.58. The lowest BCUT2D eigenvalue weighted by molar-refractivity contribution is 0.410. The Hall–Kier alpha value is -0.720. The average Bonchev–Trinajstić information content (AvgIpc) is 2.68. The second-order valence-corrected chi connectivity index (χ2v) is 4.97. The first-order valence-corrected chi connectivity index (χ1v) is 6.88. The van der Waals surface area contributed by atoms with Crippen molar-refractivity contribution >= 4 is 0 Å². The molecule has 0 aliphatic rings. The molecule has 0 amide bonds. The minimum absolute atomic E-state index is 0.897. The summed E-state index contributed by atoms with van der Waals surface area (Å²) in [5, 5.41) is 0. The number of nitrogens with zero attached hydrogens (tertiary/aromatic N) is 1. The minimum Gasteiger partial charge on any atom is -0.354 e. The van der Waals surface area contributed by atoms with Crippen LogP contribution in [0.5, 0.6) is 0 Å². The minimum atomic E-state index is 0.897. The van der Waals surface area contributed by atoms with Gasteiger partial charge < -0.3 is 4.57 Å². The van der Waals surface area contributed by atoms with E-state index in [1.165, 1.54) is 50.6 Å². The van der Waals surface area contributed by atoms with Gasteiger partial charge in [0.05, 0.1) is 0 Å². The van der Waals surface area contributed by atoms with Gasteiger partial charge in [0.1, 0.15) is 0 Å². The number of hydrogen-bond donors (Lipinski definition) is 0. The number of rotatable bonds is 8. The van der Waals surface area contributed by atoms with Gasteiger partial charge in [-0.05, 0) is 24.5 Å². The van der Waals surface area contributed by atoms with Crippen molar-refractivity contribution in [3.63, 3.8) is 0 Å². The Labute approximate surface area is 101 Å². The van der Waals surface area contributed by atoms with Crippen molar-refractivity contribution in [3.8, 4) is 0 Å². The molecule has 0 atom stereocenters. The first-order valence-electron chi connectivity index (χ1n) is 6.88. The number of hydrogen-bond acceptors (Lipinski definition) is 0. The largest absolute Gasteiger partial charge is 0.354 e. The van der Waals surface area contributed by atoms with Crippen molar-refractivity contribution < 1.29 is 0 Å². The van der Waals surface area contributed by atoms with Gasteiger partial charge in [0.2, 0.25) is 0 Å². The predicted octanol–water partition coefficient (Wildman–Crippen LogP) is 4.56. The topological polar surface area (TPSA) is 4.93 Å². The Balaban J connectivity index is 2.45. The maximum absolute atomic E-state index is 2.29. The molecule has 1 rings (SSSR count). The maximum atomic E-state index is 2.29. The Bertz CT molecular complexity index is 267. The van der Waals surface area contributed by atoms with Gasteiger partial charge in [0.25, 0.3) is 0 Å². The van der Waals surface area contributed by atoms with Crippen LogP contribution < -0.4 is 0 Å². The van der Waals surface area contributed by atoms with E-state index in [0.717, 1.165) is 5.92 Å². The Morgan fingerprint density at radius 1 is 1.12 bits per heavy atom. The van der Waals surface area contributed by atoms with E-state index in [2.05, 4.69) is 43.8 Å². The second-order valence-electron chi connectivity index (χ2n) is 4.97. The summed E-state index contributed by atoms with van der Waals surface area (Å²) < 4.78 is 2.27. The van der Waals surface area contributed by atoms with Crippen LogP contribution in [0.2, 0.25) is 0 Å². The fourth-order valence-electron chi connectivity index (χ4n) is 2.34. The molecule has 0 fully saturated rings. The van der Waals surface area contributed by atoms with E-state index >= 15 is 0 Å². The molecule has 1 heterocycles. The molecule has 0 spiro atoms. The molecule has 0 bridgehead atoms. The molecule has 92 valence electrons. The molecule has 1 heteroatoms. The quantitative estimate of drug-likeness (QED) is 0.606. The second kappa shape index (κ2) is 7.54. The van der Waals surface area contributed by atoms with Crippen molar-refractivity contribution in [1.82, 2.24) is 4.57 Å². The molecule has 0 aliphatic heterocycles. The number of unbranched alkanes of at least 4 members (excludes halogenated alkanes) is 2. The summed E-state index contributed by atoms with van der Waals surface area (Å²) in [5.74, 6) is 0.897. The first kappa shape index (κ1) is 13.3. The summed E-state index contributed by atoms with van der Waals surface area (Å²) >= 11 is 0. The third kappa shape index (κ3) is 4.42. The van der Waals surface area contributed by atoms with Gasteiger partial charge >= 0.3 is 0 Å². The van der Waals surface area contributed by atoms with Crippen LogP contribution in [0.4, 0.5) is 0 Å². The van der Waals surface area contributed by atoms with E-state index in [1.54, 1.807) is 0 Å². The normalized spacial score (nSPS) is 11.2. The lowest BCUT2D eigenvalue weighted by Gasteiger charge is -2.16. The zero-order chi connectivity index (χ0) is 11.8. The molecular weight excluding hydrogens is 194 g/mol. The monoisotopic (exact) mass is 221 g/mol. The molecule has 1 aromatic rings. The molecule has 0 unspecified atom stereocenters. The third-order valence-electron chi connectivity index (χ3n) is 3.48. The van der Waals surface area contributed by atoms with E-state index < -0.39 is 0 Å². The van der Waals surface area contributed by atoms with E-state index in [-0.39, 0.29) is 0 Å². The lowest BCUT2D eigenvalue weighted by atomic mass is 9.91. The number of aryl methyl sites for hydroxylation is 1.